The van der Waals surface area contributed by atoms with Crippen molar-refractivity contribution in [1.29, 1.82) is 0 Å². The fourth-order valence-corrected chi connectivity index (χ4v) is 3.99. The lowest BCUT2D eigenvalue weighted by molar-refractivity contribution is -0.124. The summed E-state index contributed by atoms with van der Waals surface area (Å²) in [7, 11) is 1.67. The SMILES string of the molecule is COc1cccc(C(CNC(=O)C(C)Cc2ccccc2F)N2CCCCC2)c1. The van der Waals surface area contributed by atoms with Gasteiger partial charge in [-0.25, -0.2) is 4.39 Å². The maximum absolute atomic E-state index is 13.9. The number of carbonyl (C=O) groups is 1. The number of hydrogen-bond acceptors (Lipinski definition) is 3. The second-order valence-corrected chi connectivity index (χ2v) is 7.83. The number of methoxy groups -OCH3 is 1. The normalized spacial score (nSPS) is 16.8. The summed E-state index contributed by atoms with van der Waals surface area (Å²) in [6.45, 7) is 4.45. The molecular formula is C24H31FN2O2. The fraction of sp³-hybridized carbons (Fsp3) is 0.458. The average molecular weight is 399 g/mol. The third kappa shape index (κ3) is 5.80. The fourth-order valence-electron chi connectivity index (χ4n) is 3.99. The van der Waals surface area contributed by atoms with Gasteiger partial charge in [0.2, 0.25) is 5.91 Å². The first-order chi connectivity index (χ1) is 14.1. The number of nitrogens with zero attached hydrogens (tertiary/aromatic N) is 1. The minimum atomic E-state index is -0.292. The molecule has 1 heterocycles. The van der Waals surface area contributed by atoms with Crippen molar-refractivity contribution in [2.24, 2.45) is 5.92 Å². The first-order valence-electron chi connectivity index (χ1n) is 10.5. The number of carbonyl (C=O) groups excluding carboxylic acids is 1. The molecule has 1 aliphatic heterocycles. The van der Waals surface area contributed by atoms with Crippen LogP contribution >= 0.6 is 0 Å². The van der Waals surface area contributed by atoms with Gasteiger partial charge in [0.15, 0.2) is 0 Å². The van der Waals surface area contributed by atoms with Crippen molar-refractivity contribution >= 4 is 5.91 Å². The highest BCUT2D eigenvalue weighted by Crippen LogP contribution is 2.27. The smallest absolute Gasteiger partial charge is 0.223 e. The van der Waals surface area contributed by atoms with E-state index in [4.69, 9.17) is 4.74 Å². The van der Waals surface area contributed by atoms with Gasteiger partial charge in [-0.05, 0) is 61.7 Å². The molecule has 5 heteroatoms. The third-order valence-electron chi connectivity index (χ3n) is 5.71. The van der Waals surface area contributed by atoms with E-state index in [1.54, 1.807) is 25.3 Å². The van der Waals surface area contributed by atoms with Crippen LogP contribution in [0.1, 0.15) is 43.4 Å². The van der Waals surface area contributed by atoms with Crippen molar-refractivity contribution in [2.45, 2.75) is 38.6 Å². The predicted octanol–water partition coefficient (Wildman–Crippen LogP) is 4.36. The summed E-state index contributed by atoms with van der Waals surface area (Å²) in [6.07, 6.45) is 4.01. The van der Waals surface area contributed by atoms with Crippen molar-refractivity contribution < 1.29 is 13.9 Å². The Morgan fingerprint density at radius 3 is 2.62 bits per heavy atom. The molecule has 0 aliphatic carbocycles. The van der Waals surface area contributed by atoms with Crippen molar-refractivity contribution in [2.75, 3.05) is 26.7 Å². The zero-order valence-electron chi connectivity index (χ0n) is 17.4. The van der Waals surface area contributed by atoms with E-state index >= 15 is 0 Å². The molecule has 1 amide bonds. The van der Waals surface area contributed by atoms with Gasteiger partial charge in [-0.3, -0.25) is 9.69 Å². The maximum Gasteiger partial charge on any atom is 0.223 e. The molecule has 3 rings (SSSR count). The number of hydrogen-bond donors (Lipinski definition) is 1. The maximum atomic E-state index is 13.9. The van der Waals surface area contributed by atoms with Gasteiger partial charge in [0.1, 0.15) is 11.6 Å². The number of amides is 1. The lowest BCUT2D eigenvalue weighted by atomic mass is 9.98. The standard InChI is InChI=1S/C24H31FN2O2/c1-18(15-19-9-4-5-12-22(19)25)24(28)26-17-23(27-13-6-3-7-14-27)20-10-8-11-21(16-20)29-2/h4-5,8-12,16,18,23H,3,6-7,13-15,17H2,1-2H3,(H,26,28). The Morgan fingerprint density at radius 1 is 1.14 bits per heavy atom. The highest BCUT2D eigenvalue weighted by molar-refractivity contribution is 5.78. The molecule has 29 heavy (non-hydrogen) atoms. The molecule has 1 saturated heterocycles. The Kier molecular flexibility index (Phi) is 7.64. The molecule has 1 N–H and O–H groups in total. The van der Waals surface area contributed by atoms with Gasteiger partial charge in [-0.15, -0.1) is 0 Å². The Balaban J connectivity index is 1.67. The van der Waals surface area contributed by atoms with Gasteiger partial charge in [-0.2, -0.15) is 0 Å². The number of piperidine rings is 1. The molecule has 0 saturated carbocycles. The first-order valence-corrected chi connectivity index (χ1v) is 10.5. The van der Waals surface area contributed by atoms with Gasteiger partial charge < -0.3 is 10.1 Å². The second kappa shape index (κ2) is 10.4. The molecule has 0 spiro atoms. The molecule has 1 fully saturated rings. The molecule has 4 nitrogen and oxygen atoms in total. The quantitative estimate of drug-likeness (QED) is 0.719. The van der Waals surface area contributed by atoms with Crippen LogP contribution in [0.2, 0.25) is 0 Å². The van der Waals surface area contributed by atoms with E-state index < -0.39 is 0 Å². The summed E-state index contributed by atoms with van der Waals surface area (Å²) in [5.41, 5.74) is 1.73. The molecule has 0 radical (unpaired) electrons. The molecule has 2 unspecified atom stereocenters. The molecule has 0 bridgehead atoms. The molecule has 2 atom stereocenters. The molecule has 2 aromatic carbocycles. The molecule has 156 valence electrons. The number of halogens is 1. The number of benzene rings is 2. The van der Waals surface area contributed by atoms with E-state index in [2.05, 4.69) is 16.3 Å². The van der Waals surface area contributed by atoms with Gasteiger partial charge >= 0.3 is 0 Å². The summed E-state index contributed by atoms with van der Waals surface area (Å²) in [6, 6.07) is 14.8. The van der Waals surface area contributed by atoms with E-state index in [0.29, 0.717) is 18.5 Å². The van der Waals surface area contributed by atoms with E-state index in [-0.39, 0.29) is 23.7 Å². The van der Waals surface area contributed by atoms with Crippen molar-refractivity contribution in [3.8, 4) is 5.75 Å². The monoisotopic (exact) mass is 398 g/mol. The highest BCUT2D eigenvalue weighted by atomic mass is 19.1. The van der Waals surface area contributed by atoms with Gasteiger partial charge in [0.25, 0.3) is 0 Å². The Morgan fingerprint density at radius 2 is 1.90 bits per heavy atom. The Bertz CT molecular complexity index is 805. The average Bonchev–Trinajstić information content (AvgIpc) is 2.76. The lowest BCUT2D eigenvalue weighted by Gasteiger charge is -2.35. The van der Waals surface area contributed by atoms with Crippen LogP contribution < -0.4 is 10.1 Å². The van der Waals surface area contributed by atoms with Crippen molar-refractivity contribution in [3.63, 3.8) is 0 Å². The predicted molar refractivity (Wildman–Crippen MR) is 113 cm³/mol. The van der Waals surface area contributed by atoms with Crippen molar-refractivity contribution in [3.05, 3.63) is 65.5 Å². The second-order valence-electron chi connectivity index (χ2n) is 7.83. The largest absolute Gasteiger partial charge is 0.497 e. The zero-order chi connectivity index (χ0) is 20.6. The van der Waals surface area contributed by atoms with Gasteiger partial charge in [-0.1, -0.05) is 43.7 Å². The number of rotatable bonds is 8. The van der Waals surface area contributed by atoms with E-state index in [1.807, 2.05) is 25.1 Å². The number of ether oxygens (including phenoxy) is 1. The molecule has 0 aromatic heterocycles. The van der Waals surface area contributed by atoms with Crippen molar-refractivity contribution in [1.82, 2.24) is 10.2 Å². The summed E-state index contributed by atoms with van der Waals surface area (Å²) < 4.78 is 19.3. The van der Waals surface area contributed by atoms with Crippen LogP contribution in [0.5, 0.6) is 5.75 Å². The Labute approximate surface area is 173 Å². The summed E-state index contributed by atoms with van der Waals surface area (Å²) in [5, 5.41) is 3.11. The van der Waals surface area contributed by atoms with Crippen LogP contribution in [0.15, 0.2) is 48.5 Å². The third-order valence-corrected chi connectivity index (χ3v) is 5.71. The van der Waals surface area contributed by atoms with Crippen LogP contribution in [-0.4, -0.2) is 37.6 Å². The topological polar surface area (TPSA) is 41.6 Å². The van der Waals surface area contributed by atoms with Gasteiger partial charge in [0, 0.05) is 12.5 Å². The van der Waals surface area contributed by atoms with E-state index in [9.17, 15) is 9.18 Å². The summed E-state index contributed by atoms with van der Waals surface area (Å²) >= 11 is 0. The molecule has 2 aromatic rings. The van der Waals surface area contributed by atoms with Crippen LogP contribution in [0.3, 0.4) is 0 Å². The summed E-state index contributed by atoms with van der Waals surface area (Å²) in [5.74, 6) is 0.232. The Hall–Kier alpha value is -2.40. The number of nitrogens with one attached hydrogen (secondary N) is 1. The van der Waals surface area contributed by atoms with E-state index in [1.165, 1.54) is 25.3 Å². The number of likely N-dealkylation sites (tertiary alicyclic amines) is 1. The molecule has 1 aliphatic rings. The highest BCUT2D eigenvalue weighted by Gasteiger charge is 2.24. The minimum absolute atomic E-state index is 0.0434. The lowest BCUT2D eigenvalue weighted by Crippen LogP contribution is -2.42. The van der Waals surface area contributed by atoms with Crippen LogP contribution in [0, 0.1) is 11.7 Å². The van der Waals surface area contributed by atoms with Gasteiger partial charge in [0.05, 0.1) is 13.2 Å². The zero-order valence-corrected chi connectivity index (χ0v) is 17.4. The van der Waals surface area contributed by atoms with Crippen LogP contribution in [0.25, 0.3) is 0 Å². The van der Waals surface area contributed by atoms with Crippen LogP contribution in [0.4, 0.5) is 4.39 Å². The van der Waals surface area contributed by atoms with Crippen LogP contribution in [-0.2, 0) is 11.2 Å². The minimum Gasteiger partial charge on any atom is -0.497 e. The summed E-state index contributed by atoms with van der Waals surface area (Å²) in [4.78, 5) is 15.2. The first kappa shape index (κ1) is 21.3. The molecular weight excluding hydrogens is 367 g/mol. The van der Waals surface area contributed by atoms with E-state index in [0.717, 1.165) is 24.4 Å².